The number of carbonyl (C=O) groups is 2. The number of likely N-dealkylation sites (tertiary alicyclic amines) is 1. The van der Waals surface area contributed by atoms with Gasteiger partial charge >= 0.3 is 0 Å². The van der Waals surface area contributed by atoms with Gasteiger partial charge in [0.1, 0.15) is 11.6 Å². The Morgan fingerprint density at radius 3 is 2.70 bits per heavy atom. The Morgan fingerprint density at radius 1 is 1.30 bits per heavy atom. The van der Waals surface area contributed by atoms with Crippen molar-refractivity contribution in [2.75, 3.05) is 13.2 Å². The van der Waals surface area contributed by atoms with E-state index in [1.54, 1.807) is 18.7 Å². The molecule has 0 bridgehead atoms. The predicted molar refractivity (Wildman–Crippen MR) is 90.0 cm³/mol. The lowest BCUT2D eigenvalue weighted by Gasteiger charge is -2.32. The number of rotatable bonds is 9. The van der Waals surface area contributed by atoms with Crippen LogP contribution in [-0.4, -0.2) is 47.6 Å². The zero-order chi connectivity index (χ0) is 16.9. The Bertz CT molecular complexity index is 444. The normalized spacial score (nSPS) is 21.3. The maximum atomic E-state index is 12.8. The molecule has 23 heavy (non-hydrogen) atoms. The number of allylic oxidation sites excluding steroid dienone is 1. The highest BCUT2D eigenvalue weighted by Gasteiger charge is 2.42. The fraction of sp³-hybridized carbons (Fsp3) is 0.778. The molecule has 130 valence electrons. The van der Waals surface area contributed by atoms with E-state index in [9.17, 15) is 9.59 Å². The second kappa shape index (κ2) is 7.95. The maximum Gasteiger partial charge on any atom is 0.254 e. The molecule has 2 fully saturated rings. The molecular formula is C18H30N2O3. The van der Waals surface area contributed by atoms with E-state index < -0.39 is 5.60 Å². The molecule has 0 aromatic rings. The largest absolute Gasteiger partial charge is 0.366 e. The number of hydrogen-bond donors (Lipinski definition) is 1. The monoisotopic (exact) mass is 322 g/mol. The van der Waals surface area contributed by atoms with Crippen molar-refractivity contribution in [1.29, 1.82) is 0 Å². The second-order valence-electron chi connectivity index (χ2n) is 7.08. The van der Waals surface area contributed by atoms with Crippen molar-refractivity contribution in [2.24, 2.45) is 0 Å². The summed E-state index contributed by atoms with van der Waals surface area (Å²) in [7, 11) is 0. The van der Waals surface area contributed by atoms with Gasteiger partial charge in [0.2, 0.25) is 5.91 Å². The van der Waals surface area contributed by atoms with Crippen LogP contribution in [0, 0.1) is 0 Å². The fourth-order valence-electron chi connectivity index (χ4n) is 2.93. The Hall–Kier alpha value is -1.36. The number of carbonyl (C=O) groups excluding carboxylic acids is 2. The molecule has 1 saturated heterocycles. The number of unbranched alkanes of at least 4 members (excludes halogenated alkanes) is 2. The third-order valence-corrected chi connectivity index (χ3v) is 4.52. The summed E-state index contributed by atoms with van der Waals surface area (Å²) in [5.41, 5.74) is -0.878. The number of hydrogen-bond acceptors (Lipinski definition) is 3. The van der Waals surface area contributed by atoms with Crippen LogP contribution < -0.4 is 5.32 Å². The molecule has 2 rings (SSSR count). The molecule has 1 heterocycles. The average Bonchev–Trinajstić information content (AvgIpc) is 3.18. The van der Waals surface area contributed by atoms with E-state index in [0.717, 1.165) is 44.9 Å². The Labute approximate surface area is 139 Å². The lowest BCUT2D eigenvalue weighted by molar-refractivity contribution is -0.157. The first-order chi connectivity index (χ1) is 11.0. The molecule has 1 aliphatic heterocycles. The van der Waals surface area contributed by atoms with Crippen LogP contribution in [0.15, 0.2) is 12.7 Å². The average molecular weight is 322 g/mol. The first-order valence-corrected chi connectivity index (χ1v) is 8.82. The van der Waals surface area contributed by atoms with Gasteiger partial charge < -0.3 is 15.0 Å². The van der Waals surface area contributed by atoms with Crippen LogP contribution in [0.2, 0.25) is 0 Å². The van der Waals surface area contributed by atoms with Crippen molar-refractivity contribution in [3.8, 4) is 0 Å². The van der Waals surface area contributed by atoms with Crippen molar-refractivity contribution in [2.45, 2.75) is 76.5 Å². The third kappa shape index (κ3) is 5.06. The predicted octanol–water partition coefficient (Wildman–Crippen LogP) is 2.41. The molecule has 5 nitrogen and oxygen atoms in total. The molecule has 5 heteroatoms. The number of nitrogens with one attached hydrogen (secondary N) is 1. The highest BCUT2D eigenvalue weighted by atomic mass is 16.5. The van der Waals surface area contributed by atoms with Gasteiger partial charge in [-0.3, -0.25) is 9.59 Å². The Morgan fingerprint density at radius 2 is 2.04 bits per heavy atom. The number of ether oxygens (including phenoxy) is 1. The molecule has 1 N–H and O–H groups in total. The molecule has 1 aliphatic carbocycles. The van der Waals surface area contributed by atoms with Crippen LogP contribution in [0.4, 0.5) is 0 Å². The maximum absolute atomic E-state index is 12.8. The van der Waals surface area contributed by atoms with Gasteiger partial charge in [0.25, 0.3) is 5.91 Å². The molecule has 2 amide bonds. The zero-order valence-electron chi connectivity index (χ0n) is 14.5. The quantitative estimate of drug-likeness (QED) is 0.524. The number of amides is 2. The van der Waals surface area contributed by atoms with Crippen LogP contribution in [0.5, 0.6) is 0 Å². The summed E-state index contributed by atoms with van der Waals surface area (Å²) in [6.45, 7) is 8.50. The van der Waals surface area contributed by atoms with E-state index in [2.05, 4.69) is 11.9 Å². The fourth-order valence-corrected chi connectivity index (χ4v) is 2.93. The van der Waals surface area contributed by atoms with Crippen molar-refractivity contribution in [1.82, 2.24) is 10.2 Å². The summed E-state index contributed by atoms with van der Waals surface area (Å²) in [6, 6.07) is 0.000846. The standard InChI is InChI=1S/C18H30N2O3/c1-4-5-6-7-13-23-18(2,3)17(22)20-12-8-9-15(20)16(21)19-14-10-11-14/h4,14-15H,1,5-13H2,2-3H3,(H,19,21). The summed E-state index contributed by atoms with van der Waals surface area (Å²) in [4.78, 5) is 26.8. The molecule has 1 saturated carbocycles. The minimum atomic E-state index is -0.878. The molecule has 0 aromatic carbocycles. The van der Waals surface area contributed by atoms with E-state index in [1.165, 1.54) is 0 Å². The summed E-state index contributed by atoms with van der Waals surface area (Å²) >= 11 is 0. The molecule has 0 aromatic heterocycles. The van der Waals surface area contributed by atoms with Crippen molar-refractivity contribution in [3.05, 3.63) is 12.7 Å². The van der Waals surface area contributed by atoms with Gasteiger partial charge in [0.05, 0.1) is 0 Å². The molecule has 1 unspecified atom stereocenters. The molecule has 0 spiro atoms. The smallest absolute Gasteiger partial charge is 0.254 e. The van der Waals surface area contributed by atoms with Crippen LogP contribution in [0.3, 0.4) is 0 Å². The summed E-state index contributed by atoms with van der Waals surface area (Å²) in [5.74, 6) is -0.0743. The van der Waals surface area contributed by atoms with E-state index in [1.807, 2.05) is 6.08 Å². The highest BCUT2D eigenvalue weighted by molar-refractivity contribution is 5.91. The van der Waals surface area contributed by atoms with Gasteiger partial charge in [0, 0.05) is 19.2 Å². The Balaban J connectivity index is 1.85. The van der Waals surface area contributed by atoms with Crippen LogP contribution in [0.25, 0.3) is 0 Å². The topological polar surface area (TPSA) is 58.6 Å². The van der Waals surface area contributed by atoms with Gasteiger partial charge in [-0.1, -0.05) is 6.08 Å². The molecule has 2 aliphatic rings. The lowest BCUT2D eigenvalue weighted by Crippen LogP contribution is -2.53. The van der Waals surface area contributed by atoms with Gasteiger partial charge in [0.15, 0.2) is 0 Å². The summed E-state index contributed by atoms with van der Waals surface area (Å²) in [6.07, 6.45) is 8.54. The van der Waals surface area contributed by atoms with Crippen molar-refractivity contribution < 1.29 is 14.3 Å². The van der Waals surface area contributed by atoms with Crippen LogP contribution in [0.1, 0.15) is 58.8 Å². The molecule has 0 radical (unpaired) electrons. The van der Waals surface area contributed by atoms with Crippen LogP contribution in [-0.2, 0) is 14.3 Å². The molecular weight excluding hydrogens is 292 g/mol. The minimum Gasteiger partial charge on any atom is -0.366 e. The van der Waals surface area contributed by atoms with Gasteiger partial charge in [-0.2, -0.15) is 0 Å². The van der Waals surface area contributed by atoms with E-state index in [4.69, 9.17) is 4.74 Å². The van der Waals surface area contributed by atoms with Crippen molar-refractivity contribution >= 4 is 11.8 Å². The third-order valence-electron chi connectivity index (χ3n) is 4.52. The van der Waals surface area contributed by atoms with Crippen LogP contribution >= 0.6 is 0 Å². The SMILES string of the molecule is C=CCCCCOC(C)(C)C(=O)N1CCCC1C(=O)NC1CC1. The van der Waals surface area contributed by atoms with Crippen molar-refractivity contribution in [3.63, 3.8) is 0 Å². The summed E-state index contributed by atoms with van der Waals surface area (Å²) in [5, 5.41) is 3.02. The Kier molecular flexibility index (Phi) is 6.22. The van der Waals surface area contributed by atoms with Gasteiger partial charge in [-0.05, 0) is 58.8 Å². The highest BCUT2D eigenvalue weighted by Crippen LogP contribution is 2.25. The minimum absolute atomic E-state index is 0.000123. The van der Waals surface area contributed by atoms with E-state index in [-0.39, 0.29) is 17.9 Å². The summed E-state index contributed by atoms with van der Waals surface area (Å²) < 4.78 is 5.81. The first kappa shape index (κ1) is 18.0. The zero-order valence-corrected chi connectivity index (χ0v) is 14.5. The van der Waals surface area contributed by atoms with Gasteiger partial charge in [-0.15, -0.1) is 6.58 Å². The molecule has 1 atom stereocenters. The lowest BCUT2D eigenvalue weighted by atomic mass is 10.1. The number of nitrogens with zero attached hydrogens (tertiary/aromatic N) is 1. The second-order valence-corrected chi connectivity index (χ2v) is 7.08. The van der Waals surface area contributed by atoms with E-state index in [0.29, 0.717) is 19.2 Å². The first-order valence-electron chi connectivity index (χ1n) is 8.82. The van der Waals surface area contributed by atoms with E-state index >= 15 is 0 Å². The van der Waals surface area contributed by atoms with Gasteiger partial charge in [-0.25, -0.2) is 0 Å².